The molecule has 0 unspecified atom stereocenters. The van der Waals surface area contributed by atoms with Gasteiger partial charge in [-0.05, 0) is 49.6 Å². The maximum Gasteiger partial charge on any atom is 0.232 e. The molecule has 0 bridgehead atoms. The van der Waals surface area contributed by atoms with Crippen LogP contribution in [0.4, 0.5) is 0 Å². The number of aryl methyl sites for hydroxylation is 2. The first-order chi connectivity index (χ1) is 11.5. The molecule has 1 aliphatic heterocycles. The van der Waals surface area contributed by atoms with Crippen molar-refractivity contribution in [3.63, 3.8) is 0 Å². The van der Waals surface area contributed by atoms with Crippen LogP contribution in [-0.2, 0) is 4.79 Å². The van der Waals surface area contributed by atoms with Gasteiger partial charge in [0, 0.05) is 6.07 Å². The van der Waals surface area contributed by atoms with E-state index < -0.39 is 0 Å². The first-order valence-corrected chi connectivity index (χ1v) is 7.72. The molecule has 0 saturated carbocycles. The van der Waals surface area contributed by atoms with E-state index in [4.69, 9.17) is 9.47 Å². The molecule has 0 saturated heterocycles. The van der Waals surface area contributed by atoms with Gasteiger partial charge in [0.15, 0.2) is 11.5 Å². The molecule has 0 N–H and O–H groups in total. The van der Waals surface area contributed by atoms with Gasteiger partial charge in [-0.2, -0.15) is 0 Å². The van der Waals surface area contributed by atoms with Crippen LogP contribution in [0.5, 0.6) is 11.5 Å². The summed E-state index contributed by atoms with van der Waals surface area (Å²) in [6.45, 7) is 5.27. The summed E-state index contributed by atoms with van der Waals surface area (Å²) >= 11 is 0. The topological polar surface area (TPSA) is 52.6 Å². The minimum absolute atomic E-state index is 0.00191. The third-order valence-corrected chi connectivity index (χ3v) is 3.86. The highest BCUT2D eigenvalue weighted by molar-refractivity contribution is 6.15. The van der Waals surface area contributed by atoms with Crippen molar-refractivity contribution in [2.45, 2.75) is 20.8 Å². The molecule has 0 amide bonds. The molecule has 3 rings (SSSR count). The smallest absolute Gasteiger partial charge is 0.232 e. The standard InChI is InChI=1S/C20H18O4/c1-12-6-4-5-7-15(12)9-18-20(22)19-13(2)8-16(10-17(19)24-18)23-11-14(3)21/h4-10H,11H2,1-3H3/b18-9-. The molecule has 0 aromatic heterocycles. The number of allylic oxidation sites excluding steroid dienone is 1. The van der Waals surface area contributed by atoms with Crippen molar-refractivity contribution in [3.05, 3.63) is 64.4 Å². The van der Waals surface area contributed by atoms with Crippen LogP contribution in [0.15, 0.2) is 42.2 Å². The van der Waals surface area contributed by atoms with Gasteiger partial charge in [-0.3, -0.25) is 9.59 Å². The largest absolute Gasteiger partial charge is 0.486 e. The lowest BCUT2D eigenvalue weighted by atomic mass is 10.0. The van der Waals surface area contributed by atoms with E-state index in [0.717, 1.165) is 16.7 Å². The predicted octanol–water partition coefficient (Wildman–Crippen LogP) is 3.89. The number of carbonyl (C=O) groups is 2. The Labute approximate surface area is 140 Å². The van der Waals surface area contributed by atoms with E-state index in [-0.39, 0.29) is 18.2 Å². The number of ketones is 2. The van der Waals surface area contributed by atoms with E-state index in [1.54, 1.807) is 18.2 Å². The second-order valence-corrected chi connectivity index (χ2v) is 5.90. The summed E-state index contributed by atoms with van der Waals surface area (Å²) in [5, 5.41) is 0. The van der Waals surface area contributed by atoms with Crippen molar-refractivity contribution in [2.24, 2.45) is 0 Å². The number of hydrogen-bond donors (Lipinski definition) is 0. The van der Waals surface area contributed by atoms with Crippen LogP contribution in [0.1, 0.15) is 34.0 Å². The molecule has 1 heterocycles. The highest BCUT2D eigenvalue weighted by Gasteiger charge is 2.30. The fourth-order valence-corrected chi connectivity index (χ4v) is 2.64. The summed E-state index contributed by atoms with van der Waals surface area (Å²) in [5.41, 5.74) is 3.33. The van der Waals surface area contributed by atoms with Crippen molar-refractivity contribution in [1.29, 1.82) is 0 Å². The number of rotatable bonds is 4. The second kappa shape index (κ2) is 6.32. The lowest BCUT2D eigenvalue weighted by molar-refractivity contribution is -0.118. The molecule has 0 fully saturated rings. The van der Waals surface area contributed by atoms with E-state index in [2.05, 4.69) is 0 Å². The zero-order valence-corrected chi connectivity index (χ0v) is 13.9. The number of Topliss-reactive ketones (excluding diaryl/α,β-unsaturated/α-hetero) is 2. The van der Waals surface area contributed by atoms with Gasteiger partial charge < -0.3 is 9.47 Å². The van der Waals surface area contributed by atoms with Crippen LogP contribution in [0.2, 0.25) is 0 Å². The quantitative estimate of drug-likeness (QED) is 0.801. The zero-order chi connectivity index (χ0) is 17.3. The normalized spacial score (nSPS) is 14.5. The SMILES string of the molecule is CC(=O)COc1cc(C)c2c(c1)O/C(=C\c1ccccc1C)C2=O. The van der Waals surface area contributed by atoms with E-state index in [1.807, 2.05) is 38.1 Å². The summed E-state index contributed by atoms with van der Waals surface area (Å²) in [7, 11) is 0. The van der Waals surface area contributed by atoms with Gasteiger partial charge in [0.05, 0.1) is 5.56 Å². The summed E-state index contributed by atoms with van der Waals surface area (Å²) < 4.78 is 11.2. The molecule has 2 aromatic rings. The minimum atomic E-state index is -0.135. The van der Waals surface area contributed by atoms with Gasteiger partial charge in [0.2, 0.25) is 5.78 Å². The molecule has 4 nitrogen and oxygen atoms in total. The summed E-state index contributed by atoms with van der Waals surface area (Å²) in [6.07, 6.45) is 1.76. The Morgan fingerprint density at radius 1 is 1.17 bits per heavy atom. The number of ether oxygens (including phenoxy) is 2. The lowest BCUT2D eigenvalue weighted by Crippen LogP contribution is -2.06. The Morgan fingerprint density at radius 3 is 2.62 bits per heavy atom. The summed E-state index contributed by atoms with van der Waals surface area (Å²) in [6, 6.07) is 11.2. The van der Waals surface area contributed by atoms with Gasteiger partial charge in [0.1, 0.15) is 18.1 Å². The van der Waals surface area contributed by atoms with Crippen LogP contribution in [-0.4, -0.2) is 18.2 Å². The van der Waals surface area contributed by atoms with Gasteiger partial charge in [-0.15, -0.1) is 0 Å². The summed E-state index contributed by atoms with van der Waals surface area (Å²) in [5.74, 6) is 1.09. The molecule has 1 aliphatic rings. The van der Waals surface area contributed by atoms with Crippen molar-refractivity contribution in [3.8, 4) is 11.5 Å². The molecule has 0 spiro atoms. The molecule has 24 heavy (non-hydrogen) atoms. The number of carbonyl (C=O) groups excluding carboxylic acids is 2. The molecule has 2 aromatic carbocycles. The van der Waals surface area contributed by atoms with E-state index in [0.29, 0.717) is 22.8 Å². The average Bonchev–Trinajstić information content (AvgIpc) is 2.84. The highest BCUT2D eigenvalue weighted by atomic mass is 16.5. The zero-order valence-electron chi connectivity index (χ0n) is 13.9. The van der Waals surface area contributed by atoms with Crippen molar-refractivity contribution in [2.75, 3.05) is 6.61 Å². The molecule has 0 atom stereocenters. The van der Waals surface area contributed by atoms with Crippen molar-refractivity contribution in [1.82, 2.24) is 0 Å². The maximum atomic E-state index is 12.6. The molecular formula is C20H18O4. The van der Waals surface area contributed by atoms with E-state index >= 15 is 0 Å². The second-order valence-electron chi connectivity index (χ2n) is 5.90. The fourth-order valence-electron chi connectivity index (χ4n) is 2.64. The Kier molecular flexibility index (Phi) is 4.21. The number of fused-ring (bicyclic) bond motifs is 1. The van der Waals surface area contributed by atoms with Crippen LogP contribution in [0, 0.1) is 13.8 Å². The van der Waals surface area contributed by atoms with Gasteiger partial charge in [-0.25, -0.2) is 0 Å². The van der Waals surface area contributed by atoms with Crippen molar-refractivity contribution >= 4 is 17.6 Å². The molecule has 0 radical (unpaired) electrons. The lowest BCUT2D eigenvalue weighted by Gasteiger charge is -2.07. The Bertz CT molecular complexity index is 862. The predicted molar refractivity (Wildman–Crippen MR) is 91.5 cm³/mol. The average molecular weight is 322 g/mol. The van der Waals surface area contributed by atoms with Crippen LogP contribution in [0.25, 0.3) is 6.08 Å². The van der Waals surface area contributed by atoms with Crippen LogP contribution < -0.4 is 9.47 Å². The Morgan fingerprint density at radius 2 is 1.92 bits per heavy atom. The fraction of sp³-hybridized carbons (Fsp3) is 0.200. The molecular weight excluding hydrogens is 304 g/mol. The Balaban J connectivity index is 1.94. The third kappa shape index (κ3) is 3.08. The number of benzene rings is 2. The van der Waals surface area contributed by atoms with Gasteiger partial charge >= 0.3 is 0 Å². The van der Waals surface area contributed by atoms with E-state index in [1.165, 1.54) is 6.92 Å². The Hall–Kier alpha value is -2.88. The highest BCUT2D eigenvalue weighted by Crippen LogP contribution is 2.37. The first-order valence-electron chi connectivity index (χ1n) is 7.72. The van der Waals surface area contributed by atoms with Crippen LogP contribution in [0.3, 0.4) is 0 Å². The van der Waals surface area contributed by atoms with E-state index in [9.17, 15) is 9.59 Å². The number of hydrogen-bond acceptors (Lipinski definition) is 4. The first kappa shape index (κ1) is 16.0. The van der Waals surface area contributed by atoms with Gasteiger partial charge in [-0.1, -0.05) is 24.3 Å². The third-order valence-electron chi connectivity index (χ3n) is 3.86. The molecule has 0 aliphatic carbocycles. The molecule has 122 valence electrons. The van der Waals surface area contributed by atoms with Gasteiger partial charge in [0.25, 0.3) is 0 Å². The minimum Gasteiger partial charge on any atom is -0.486 e. The summed E-state index contributed by atoms with van der Waals surface area (Å²) in [4.78, 5) is 23.7. The van der Waals surface area contributed by atoms with Crippen molar-refractivity contribution < 1.29 is 19.1 Å². The monoisotopic (exact) mass is 322 g/mol. The molecule has 4 heteroatoms. The van der Waals surface area contributed by atoms with Crippen LogP contribution >= 0.6 is 0 Å². The maximum absolute atomic E-state index is 12.6.